The SMILES string of the molecule is C=C(C)[O-].N#CCC(O)CO. The number of aliphatic hydroxyl groups excluding tert-OH is 2. The van der Waals surface area contributed by atoms with Gasteiger partial charge in [-0.05, 0) is 0 Å². The van der Waals surface area contributed by atoms with Crippen LogP contribution in [0.4, 0.5) is 0 Å². The molecule has 0 aliphatic carbocycles. The Balaban J connectivity index is 0. The molecule has 0 fully saturated rings. The van der Waals surface area contributed by atoms with Crippen molar-refractivity contribution in [1.29, 1.82) is 5.26 Å². The number of nitriles is 1. The lowest BCUT2D eigenvalue weighted by Gasteiger charge is -1.95. The van der Waals surface area contributed by atoms with Gasteiger partial charge in [-0.1, -0.05) is 6.92 Å². The monoisotopic (exact) mass is 158 g/mol. The van der Waals surface area contributed by atoms with Crippen LogP contribution in [-0.4, -0.2) is 22.9 Å². The third-order valence-corrected chi connectivity index (χ3v) is 0.538. The van der Waals surface area contributed by atoms with Crippen molar-refractivity contribution in [3.63, 3.8) is 0 Å². The van der Waals surface area contributed by atoms with Crippen LogP contribution in [0.2, 0.25) is 0 Å². The van der Waals surface area contributed by atoms with Gasteiger partial charge in [-0.2, -0.15) is 5.26 Å². The standard InChI is InChI=1S/C4H7NO2.C3H6O/c5-2-1-4(7)3-6;1-3(2)4/h4,6-7H,1,3H2;4H,1H2,2H3/p-1. The lowest BCUT2D eigenvalue weighted by atomic mass is 10.3. The van der Waals surface area contributed by atoms with Gasteiger partial charge >= 0.3 is 0 Å². The molecule has 0 aromatic heterocycles. The Hall–Kier alpha value is -1.05. The van der Waals surface area contributed by atoms with Gasteiger partial charge in [0, 0.05) is 0 Å². The molecule has 0 bridgehead atoms. The van der Waals surface area contributed by atoms with Crippen LogP contribution in [0.5, 0.6) is 0 Å². The molecule has 0 amide bonds. The lowest BCUT2D eigenvalue weighted by Crippen LogP contribution is -2.09. The van der Waals surface area contributed by atoms with Gasteiger partial charge in [0.05, 0.1) is 25.2 Å². The summed E-state index contributed by atoms with van der Waals surface area (Å²) in [5.74, 6) is -0.0833. The topological polar surface area (TPSA) is 87.3 Å². The van der Waals surface area contributed by atoms with Crippen LogP contribution in [-0.2, 0) is 0 Å². The zero-order valence-corrected chi connectivity index (χ0v) is 6.45. The van der Waals surface area contributed by atoms with E-state index in [1.165, 1.54) is 6.92 Å². The number of rotatable bonds is 2. The molecule has 4 heteroatoms. The van der Waals surface area contributed by atoms with Crippen LogP contribution in [0.25, 0.3) is 0 Å². The molecule has 4 nitrogen and oxygen atoms in total. The summed E-state index contributed by atoms with van der Waals surface area (Å²) in [6.45, 7) is 4.09. The summed E-state index contributed by atoms with van der Waals surface area (Å²) in [4.78, 5) is 0. The highest BCUT2D eigenvalue weighted by Crippen LogP contribution is 1.83. The summed E-state index contributed by atoms with van der Waals surface area (Å²) >= 11 is 0. The molecule has 0 saturated carbocycles. The van der Waals surface area contributed by atoms with Crippen molar-refractivity contribution >= 4 is 0 Å². The third kappa shape index (κ3) is 27.7. The fourth-order valence-corrected chi connectivity index (χ4v) is 0.170. The van der Waals surface area contributed by atoms with Crippen molar-refractivity contribution in [3.8, 4) is 6.07 Å². The minimum absolute atomic E-state index is 0.0104. The molecule has 1 atom stereocenters. The van der Waals surface area contributed by atoms with E-state index < -0.39 is 6.10 Å². The average molecular weight is 158 g/mol. The predicted molar refractivity (Wildman–Crippen MR) is 38.1 cm³/mol. The Bertz CT molecular complexity index is 135. The van der Waals surface area contributed by atoms with Gasteiger partial charge in [-0.25, -0.2) is 0 Å². The van der Waals surface area contributed by atoms with Gasteiger partial charge in [0.15, 0.2) is 0 Å². The van der Waals surface area contributed by atoms with Crippen molar-refractivity contribution in [1.82, 2.24) is 0 Å². The van der Waals surface area contributed by atoms with Crippen molar-refractivity contribution in [2.24, 2.45) is 0 Å². The highest BCUT2D eigenvalue weighted by molar-refractivity contribution is 4.73. The Morgan fingerprint density at radius 3 is 2.27 bits per heavy atom. The van der Waals surface area contributed by atoms with Crippen LogP contribution >= 0.6 is 0 Å². The number of allylic oxidation sites excluding steroid dienone is 1. The first-order valence-electron chi connectivity index (χ1n) is 3.03. The van der Waals surface area contributed by atoms with Crippen LogP contribution in [0.1, 0.15) is 13.3 Å². The van der Waals surface area contributed by atoms with E-state index >= 15 is 0 Å². The summed E-state index contributed by atoms with van der Waals surface area (Å²) in [6, 6.07) is 1.71. The second-order valence-corrected chi connectivity index (χ2v) is 1.90. The van der Waals surface area contributed by atoms with E-state index in [1.807, 2.05) is 0 Å². The lowest BCUT2D eigenvalue weighted by molar-refractivity contribution is -0.300. The fraction of sp³-hybridized carbons (Fsp3) is 0.571. The maximum absolute atomic E-state index is 9.33. The normalized spacial score (nSPS) is 10.4. The first-order chi connectivity index (χ1) is 5.04. The molecule has 11 heavy (non-hydrogen) atoms. The summed E-state index contributed by atoms with van der Waals surface area (Å²) in [7, 11) is 0. The average Bonchev–Trinajstić information content (AvgIpc) is 1.87. The van der Waals surface area contributed by atoms with Gasteiger partial charge in [0.1, 0.15) is 0 Å². The molecule has 0 saturated heterocycles. The summed E-state index contributed by atoms with van der Waals surface area (Å²) in [5, 5.41) is 33.6. The van der Waals surface area contributed by atoms with Crippen LogP contribution in [0.15, 0.2) is 12.3 Å². The highest BCUT2D eigenvalue weighted by Gasteiger charge is 1.96. The number of hydrogen-bond donors (Lipinski definition) is 2. The quantitative estimate of drug-likeness (QED) is 0.511. The zero-order chi connectivity index (χ0) is 9.28. The molecule has 0 radical (unpaired) electrons. The Kier molecular flexibility index (Phi) is 10.3. The summed E-state index contributed by atoms with van der Waals surface area (Å²) < 4.78 is 0. The van der Waals surface area contributed by atoms with Crippen molar-refractivity contribution in [3.05, 3.63) is 12.3 Å². The van der Waals surface area contributed by atoms with Crippen molar-refractivity contribution < 1.29 is 15.3 Å². The van der Waals surface area contributed by atoms with Crippen LogP contribution < -0.4 is 5.11 Å². The smallest absolute Gasteiger partial charge is 0.0900 e. The van der Waals surface area contributed by atoms with E-state index in [4.69, 9.17) is 15.5 Å². The molecule has 0 spiro atoms. The molecule has 64 valence electrons. The number of hydrogen-bond acceptors (Lipinski definition) is 4. The van der Waals surface area contributed by atoms with E-state index in [2.05, 4.69) is 6.58 Å². The molecule has 0 aliphatic heterocycles. The van der Waals surface area contributed by atoms with Gasteiger partial charge < -0.3 is 15.3 Å². The maximum atomic E-state index is 9.33. The van der Waals surface area contributed by atoms with Crippen LogP contribution in [0, 0.1) is 11.3 Å². The van der Waals surface area contributed by atoms with E-state index in [0.717, 1.165) is 0 Å². The van der Waals surface area contributed by atoms with Gasteiger partial charge in [0.2, 0.25) is 0 Å². The molecule has 0 heterocycles. The van der Waals surface area contributed by atoms with Crippen molar-refractivity contribution in [2.45, 2.75) is 19.4 Å². The molecule has 0 rings (SSSR count). The van der Waals surface area contributed by atoms with Crippen LogP contribution in [0.3, 0.4) is 0 Å². The molecule has 1 unspecified atom stereocenters. The Morgan fingerprint density at radius 1 is 1.82 bits per heavy atom. The number of nitrogens with zero attached hydrogens (tertiary/aromatic N) is 1. The third-order valence-electron chi connectivity index (χ3n) is 0.538. The maximum Gasteiger partial charge on any atom is 0.0900 e. The van der Waals surface area contributed by atoms with E-state index in [1.54, 1.807) is 6.07 Å². The summed E-state index contributed by atoms with van der Waals surface area (Å²) in [5.41, 5.74) is 0. The summed E-state index contributed by atoms with van der Waals surface area (Å²) in [6.07, 6.45) is -0.846. The Morgan fingerprint density at radius 2 is 2.18 bits per heavy atom. The van der Waals surface area contributed by atoms with Crippen molar-refractivity contribution in [2.75, 3.05) is 6.61 Å². The van der Waals surface area contributed by atoms with E-state index in [9.17, 15) is 5.11 Å². The molecule has 0 aromatic carbocycles. The first kappa shape index (κ1) is 12.6. The first-order valence-corrected chi connectivity index (χ1v) is 3.03. The molecule has 0 aromatic rings. The molecule has 0 aliphatic rings. The molecule has 2 N–H and O–H groups in total. The minimum Gasteiger partial charge on any atom is -0.876 e. The fourth-order valence-electron chi connectivity index (χ4n) is 0.170. The number of aliphatic hydroxyl groups is 2. The van der Waals surface area contributed by atoms with Gasteiger partial charge in [-0.15, -0.1) is 12.3 Å². The second kappa shape index (κ2) is 8.95. The Labute approximate surface area is 66.0 Å². The molecular formula is C7H12NO3-. The second-order valence-electron chi connectivity index (χ2n) is 1.90. The van der Waals surface area contributed by atoms with Gasteiger partial charge in [-0.3, -0.25) is 0 Å². The minimum atomic E-state index is -0.856. The predicted octanol–water partition coefficient (Wildman–Crippen LogP) is -0.866. The highest BCUT2D eigenvalue weighted by atomic mass is 16.3. The zero-order valence-electron chi connectivity index (χ0n) is 6.45. The van der Waals surface area contributed by atoms with E-state index in [0.29, 0.717) is 0 Å². The van der Waals surface area contributed by atoms with E-state index in [-0.39, 0.29) is 18.8 Å². The van der Waals surface area contributed by atoms with Gasteiger partial charge in [0.25, 0.3) is 0 Å². The largest absolute Gasteiger partial charge is 0.876 e. The molecular weight excluding hydrogens is 146 g/mol.